The van der Waals surface area contributed by atoms with Crippen LogP contribution >= 0.6 is 0 Å². The van der Waals surface area contributed by atoms with Crippen molar-refractivity contribution in [3.63, 3.8) is 0 Å². The lowest BCUT2D eigenvalue weighted by Crippen LogP contribution is -2.01. The summed E-state index contributed by atoms with van der Waals surface area (Å²) in [6, 6.07) is 63.2. The van der Waals surface area contributed by atoms with E-state index in [1.165, 1.54) is 21.5 Å². The van der Waals surface area contributed by atoms with Gasteiger partial charge in [0.1, 0.15) is 22.3 Å². The fraction of sp³-hybridized carbons (Fsp3) is 0. The molecular formula is C53H30N4O2. The molecule has 0 N–H and O–H groups in total. The summed E-state index contributed by atoms with van der Waals surface area (Å²) in [7, 11) is 0. The monoisotopic (exact) mass is 754 g/mol. The van der Waals surface area contributed by atoms with Crippen molar-refractivity contribution in [2.24, 2.45) is 0 Å². The SMILES string of the molecule is c1ccc(-c2nc(-c3ccc(-n4c5ccccc5c5cc6ccccc6cc54)c4c3oc3c5ccccc5ccc34)nc(-c3cccc4oc5ccccc5c34)n2)cc1. The van der Waals surface area contributed by atoms with Crippen LogP contribution in [0.2, 0.25) is 0 Å². The highest BCUT2D eigenvalue weighted by atomic mass is 16.3. The molecule has 0 saturated carbocycles. The minimum Gasteiger partial charge on any atom is -0.456 e. The first-order chi connectivity index (χ1) is 29.2. The fourth-order valence-electron chi connectivity index (χ4n) is 9.16. The van der Waals surface area contributed by atoms with E-state index in [9.17, 15) is 0 Å². The van der Waals surface area contributed by atoms with Crippen LogP contribution in [0.25, 0.3) is 127 Å². The summed E-state index contributed by atoms with van der Waals surface area (Å²) in [5.74, 6) is 1.65. The molecule has 6 nitrogen and oxygen atoms in total. The third kappa shape index (κ3) is 4.71. The number of rotatable bonds is 4. The molecule has 0 atom stereocenters. The Labute approximate surface area is 336 Å². The average molecular weight is 755 g/mol. The van der Waals surface area contributed by atoms with E-state index in [2.05, 4.69) is 126 Å². The summed E-state index contributed by atoms with van der Waals surface area (Å²) in [6.45, 7) is 0. The van der Waals surface area contributed by atoms with Gasteiger partial charge in [0.25, 0.3) is 0 Å². The van der Waals surface area contributed by atoms with E-state index < -0.39 is 0 Å². The van der Waals surface area contributed by atoms with Crippen molar-refractivity contribution >= 4 is 87.2 Å². The molecule has 0 unspecified atom stereocenters. The summed E-state index contributed by atoms with van der Waals surface area (Å²) in [5, 5.41) is 10.9. The molecule has 4 aromatic heterocycles. The van der Waals surface area contributed by atoms with E-state index in [-0.39, 0.29) is 0 Å². The van der Waals surface area contributed by atoms with Crippen molar-refractivity contribution in [2.45, 2.75) is 0 Å². The van der Waals surface area contributed by atoms with Gasteiger partial charge in [-0.3, -0.25) is 0 Å². The van der Waals surface area contributed by atoms with Gasteiger partial charge in [-0.25, -0.2) is 15.0 Å². The van der Waals surface area contributed by atoms with Gasteiger partial charge in [0.2, 0.25) is 0 Å². The van der Waals surface area contributed by atoms with Gasteiger partial charge in [0.15, 0.2) is 17.5 Å². The van der Waals surface area contributed by atoms with Crippen LogP contribution in [0.3, 0.4) is 0 Å². The Morgan fingerprint density at radius 1 is 0.356 bits per heavy atom. The number of para-hydroxylation sites is 2. The van der Waals surface area contributed by atoms with Crippen LogP contribution in [-0.4, -0.2) is 19.5 Å². The van der Waals surface area contributed by atoms with Gasteiger partial charge < -0.3 is 13.4 Å². The normalized spacial score (nSPS) is 12.1. The standard InChI is InChI=1S/C53H30N4O2/c1-2-14-32(15-3-1)51-54-52(39-21-12-24-46-47(39)37-20-9-11-23-45(37)58-46)56-53(55-51)40-27-28-43(48-38-26-25-31-13-6-7-18-35(31)49(38)59-50(40)48)57-42-22-10-8-19-36(42)41-29-33-16-4-5-17-34(33)30-44(41)57/h1-30H. The second kappa shape index (κ2) is 12.2. The molecule has 6 heteroatoms. The second-order valence-electron chi connectivity index (χ2n) is 15.1. The Kier molecular flexibility index (Phi) is 6.63. The third-order valence-electron chi connectivity index (χ3n) is 11.8. The smallest absolute Gasteiger partial charge is 0.167 e. The molecule has 0 aliphatic heterocycles. The van der Waals surface area contributed by atoms with Crippen LogP contribution in [0.1, 0.15) is 0 Å². The maximum atomic E-state index is 7.16. The number of furan rings is 2. The lowest BCUT2D eigenvalue weighted by Gasteiger charge is -2.13. The summed E-state index contributed by atoms with van der Waals surface area (Å²) in [5.41, 5.74) is 8.94. The molecule has 0 aliphatic rings. The molecule has 59 heavy (non-hydrogen) atoms. The van der Waals surface area contributed by atoms with Crippen LogP contribution in [0, 0.1) is 0 Å². The highest BCUT2D eigenvalue weighted by molar-refractivity contribution is 6.22. The highest BCUT2D eigenvalue weighted by Gasteiger charge is 2.25. The Morgan fingerprint density at radius 3 is 1.90 bits per heavy atom. The number of nitrogens with zero attached hydrogens (tertiary/aromatic N) is 4. The number of benzene rings is 9. The minimum atomic E-state index is 0.520. The van der Waals surface area contributed by atoms with E-state index in [1.807, 2.05) is 60.7 Å². The molecule has 9 aromatic carbocycles. The van der Waals surface area contributed by atoms with Gasteiger partial charge in [-0.1, -0.05) is 133 Å². The minimum absolute atomic E-state index is 0.520. The number of hydrogen-bond acceptors (Lipinski definition) is 5. The number of hydrogen-bond donors (Lipinski definition) is 0. The summed E-state index contributed by atoms with van der Waals surface area (Å²) in [4.78, 5) is 15.7. The zero-order chi connectivity index (χ0) is 38.6. The van der Waals surface area contributed by atoms with Crippen molar-refractivity contribution in [2.75, 3.05) is 0 Å². The third-order valence-corrected chi connectivity index (χ3v) is 11.8. The van der Waals surface area contributed by atoms with Crippen molar-refractivity contribution in [1.82, 2.24) is 19.5 Å². The fourth-order valence-corrected chi connectivity index (χ4v) is 9.16. The molecule has 0 spiro atoms. The molecular weight excluding hydrogens is 725 g/mol. The summed E-state index contributed by atoms with van der Waals surface area (Å²) in [6.07, 6.45) is 0. The first-order valence-corrected chi connectivity index (χ1v) is 19.8. The van der Waals surface area contributed by atoms with Crippen LogP contribution in [0.4, 0.5) is 0 Å². The van der Waals surface area contributed by atoms with Crippen molar-refractivity contribution < 1.29 is 8.83 Å². The van der Waals surface area contributed by atoms with Crippen LogP contribution < -0.4 is 0 Å². The molecule has 13 aromatic rings. The van der Waals surface area contributed by atoms with Crippen LogP contribution in [0.15, 0.2) is 191 Å². The maximum Gasteiger partial charge on any atom is 0.167 e. The van der Waals surface area contributed by atoms with Crippen LogP contribution in [0.5, 0.6) is 0 Å². The molecule has 274 valence electrons. The first kappa shape index (κ1) is 32.0. The zero-order valence-electron chi connectivity index (χ0n) is 31.4. The molecule has 0 saturated heterocycles. The summed E-state index contributed by atoms with van der Waals surface area (Å²) < 4.78 is 15.9. The molecule has 0 fully saturated rings. The Balaban J connectivity index is 1.15. The van der Waals surface area contributed by atoms with E-state index >= 15 is 0 Å². The predicted molar refractivity (Wildman–Crippen MR) is 240 cm³/mol. The molecule has 13 rings (SSSR count). The highest BCUT2D eigenvalue weighted by Crippen LogP contribution is 2.45. The number of fused-ring (bicyclic) bond motifs is 12. The van der Waals surface area contributed by atoms with Gasteiger partial charge in [-0.15, -0.1) is 0 Å². The predicted octanol–water partition coefficient (Wildman–Crippen LogP) is 14.1. The molecule has 0 amide bonds. The Bertz CT molecular complexity index is 3860. The van der Waals surface area contributed by atoms with Crippen molar-refractivity contribution in [3.05, 3.63) is 182 Å². The Morgan fingerprint density at radius 2 is 1.03 bits per heavy atom. The van der Waals surface area contributed by atoms with Crippen LogP contribution in [-0.2, 0) is 0 Å². The maximum absolute atomic E-state index is 7.16. The van der Waals surface area contributed by atoms with Gasteiger partial charge in [0.05, 0.1) is 27.7 Å². The van der Waals surface area contributed by atoms with Gasteiger partial charge in [-0.2, -0.15) is 0 Å². The topological polar surface area (TPSA) is 69.9 Å². The van der Waals surface area contributed by atoms with E-state index in [1.54, 1.807) is 0 Å². The number of aromatic nitrogens is 4. The lowest BCUT2D eigenvalue weighted by atomic mass is 10.0. The lowest BCUT2D eigenvalue weighted by molar-refractivity contribution is 0.669. The van der Waals surface area contributed by atoms with Crippen molar-refractivity contribution in [3.8, 4) is 39.9 Å². The van der Waals surface area contributed by atoms with E-state index in [4.69, 9.17) is 23.8 Å². The first-order valence-electron chi connectivity index (χ1n) is 19.8. The molecule has 4 heterocycles. The average Bonchev–Trinajstić information content (AvgIpc) is 3.98. The van der Waals surface area contributed by atoms with Crippen molar-refractivity contribution in [1.29, 1.82) is 0 Å². The Hall–Kier alpha value is -8.09. The zero-order valence-corrected chi connectivity index (χ0v) is 31.4. The molecule has 0 radical (unpaired) electrons. The molecule has 0 aliphatic carbocycles. The summed E-state index contributed by atoms with van der Waals surface area (Å²) >= 11 is 0. The van der Waals surface area contributed by atoms with E-state index in [0.29, 0.717) is 23.1 Å². The van der Waals surface area contributed by atoms with Gasteiger partial charge in [-0.05, 0) is 64.7 Å². The molecule has 0 bridgehead atoms. The largest absolute Gasteiger partial charge is 0.456 e. The van der Waals surface area contributed by atoms with Gasteiger partial charge >= 0.3 is 0 Å². The second-order valence-corrected chi connectivity index (χ2v) is 15.1. The quantitative estimate of drug-likeness (QED) is 0.179. The van der Waals surface area contributed by atoms with E-state index in [0.717, 1.165) is 82.5 Å². The van der Waals surface area contributed by atoms with Gasteiger partial charge in [0, 0.05) is 43.4 Å².